The van der Waals surface area contributed by atoms with Crippen LogP contribution in [0.25, 0.3) is 5.00 Å². The first-order chi connectivity index (χ1) is 15.0. The van der Waals surface area contributed by atoms with E-state index in [1.807, 2.05) is 37.3 Å². The second kappa shape index (κ2) is 9.28. The number of carbonyl (C=O) groups excluding carboxylic acids is 1. The van der Waals surface area contributed by atoms with Crippen molar-refractivity contribution in [3.63, 3.8) is 0 Å². The number of likely N-dealkylation sites (N-methyl/N-ethyl adjacent to an activating group) is 1. The Morgan fingerprint density at radius 2 is 1.84 bits per heavy atom. The van der Waals surface area contributed by atoms with E-state index in [-0.39, 0.29) is 12.1 Å². The third-order valence-corrected chi connectivity index (χ3v) is 7.23. The number of carbonyl (C=O) groups is 1. The van der Waals surface area contributed by atoms with E-state index in [9.17, 15) is 4.79 Å². The molecule has 0 aliphatic carbocycles. The molecular formula is C25H32N4OS. The number of nitrogens with one attached hydrogen (secondary N) is 2. The van der Waals surface area contributed by atoms with Gasteiger partial charge < -0.3 is 15.2 Å². The molecule has 0 fully saturated rings. The van der Waals surface area contributed by atoms with E-state index in [0.717, 1.165) is 49.3 Å². The molecule has 5 nitrogen and oxygen atoms in total. The smallest absolute Gasteiger partial charge is 0.319 e. The Bertz CT molecular complexity index is 1030. The number of nitrogens with zero attached hydrogens (tertiary/aromatic N) is 2. The normalized spacial score (nSPS) is 14.8. The van der Waals surface area contributed by atoms with Gasteiger partial charge in [-0.15, -0.1) is 11.3 Å². The zero-order valence-electron chi connectivity index (χ0n) is 18.9. The average Bonchev–Trinajstić information content (AvgIpc) is 3.38. The maximum Gasteiger partial charge on any atom is 0.319 e. The number of thiophene rings is 1. The van der Waals surface area contributed by atoms with Crippen LogP contribution in [0.15, 0.2) is 42.7 Å². The van der Waals surface area contributed by atoms with Crippen LogP contribution in [0.4, 0.5) is 10.5 Å². The fourth-order valence-corrected chi connectivity index (χ4v) is 5.93. The Balaban J connectivity index is 1.63. The van der Waals surface area contributed by atoms with Gasteiger partial charge in [-0.05, 0) is 74.2 Å². The molecule has 2 aromatic heterocycles. The van der Waals surface area contributed by atoms with Gasteiger partial charge in [0.1, 0.15) is 5.00 Å². The molecule has 164 valence electrons. The summed E-state index contributed by atoms with van der Waals surface area (Å²) >= 11 is 1.87. The summed E-state index contributed by atoms with van der Waals surface area (Å²) in [7, 11) is 0. The molecule has 3 aromatic rings. The zero-order chi connectivity index (χ0) is 22.0. The van der Waals surface area contributed by atoms with E-state index < -0.39 is 0 Å². The average molecular weight is 437 g/mol. The van der Waals surface area contributed by atoms with Gasteiger partial charge in [0.05, 0.1) is 6.04 Å². The maximum atomic E-state index is 12.9. The van der Waals surface area contributed by atoms with Crippen molar-refractivity contribution in [1.82, 2.24) is 14.8 Å². The van der Waals surface area contributed by atoms with Crippen molar-refractivity contribution in [3.05, 3.63) is 69.9 Å². The number of anilines is 1. The van der Waals surface area contributed by atoms with Crippen LogP contribution in [-0.4, -0.2) is 28.6 Å². The molecule has 0 saturated carbocycles. The van der Waals surface area contributed by atoms with Crippen LogP contribution in [-0.2, 0) is 13.0 Å². The number of rotatable bonds is 6. The zero-order valence-corrected chi connectivity index (χ0v) is 19.7. The lowest BCUT2D eigenvalue weighted by atomic mass is 9.96. The lowest BCUT2D eigenvalue weighted by molar-refractivity contribution is 0.248. The largest absolute Gasteiger partial charge is 0.331 e. The van der Waals surface area contributed by atoms with E-state index in [1.54, 1.807) is 0 Å². The molecule has 1 aliphatic rings. The second-order valence-electron chi connectivity index (χ2n) is 8.37. The molecule has 6 heteroatoms. The van der Waals surface area contributed by atoms with Gasteiger partial charge in [0, 0.05) is 41.6 Å². The summed E-state index contributed by atoms with van der Waals surface area (Å²) < 4.78 is 2.20. The van der Waals surface area contributed by atoms with Crippen LogP contribution in [0, 0.1) is 13.8 Å². The fourth-order valence-electron chi connectivity index (χ4n) is 4.51. The number of aromatic nitrogens is 1. The summed E-state index contributed by atoms with van der Waals surface area (Å²) in [6.45, 7) is 11.6. The predicted octanol–water partition coefficient (Wildman–Crippen LogP) is 5.81. The first-order valence-corrected chi connectivity index (χ1v) is 12.0. The number of aryl methyl sites for hydroxylation is 2. The molecule has 2 N–H and O–H groups in total. The van der Waals surface area contributed by atoms with Crippen molar-refractivity contribution in [2.75, 3.05) is 18.4 Å². The molecule has 0 radical (unpaired) electrons. The molecule has 0 saturated heterocycles. The van der Waals surface area contributed by atoms with E-state index >= 15 is 0 Å². The Hall–Kier alpha value is -2.57. The quantitative estimate of drug-likeness (QED) is 0.512. The number of fused-ring (bicyclic) bond motifs is 1. The highest BCUT2D eigenvalue weighted by Gasteiger charge is 2.29. The molecular weight excluding hydrogens is 404 g/mol. The minimum absolute atomic E-state index is 0.0310. The molecule has 1 aromatic carbocycles. The highest BCUT2D eigenvalue weighted by atomic mass is 32.1. The van der Waals surface area contributed by atoms with E-state index in [1.165, 1.54) is 21.0 Å². The van der Waals surface area contributed by atoms with Gasteiger partial charge in [-0.1, -0.05) is 19.9 Å². The lowest BCUT2D eigenvalue weighted by Gasteiger charge is -2.27. The van der Waals surface area contributed by atoms with Gasteiger partial charge in [-0.3, -0.25) is 4.90 Å². The highest BCUT2D eigenvalue weighted by molar-refractivity contribution is 7.15. The predicted molar refractivity (Wildman–Crippen MR) is 129 cm³/mol. The first kappa shape index (κ1) is 21.7. The summed E-state index contributed by atoms with van der Waals surface area (Å²) in [5.41, 5.74) is 5.83. The summed E-state index contributed by atoms with van der Waals surface area (Å²) in [6, 6.07) is 10.1. The SMILES string of the molecule is CC[C@@H](NC(=O)Nc1cc(C)cc(C)c1)c1c(-n2cccc2)sc2c1CCN(CC)C2. The van der Waals surface area contributed by atoms with Crippen molar-refractivity contribution in [1.29, 1.82) is 0 Å². The first-order valence-electron chi connectivity index (χ1n) is 11.1. The molecule has 3 heterocycles. The Morgan fingerprint density at radius 3 is 2.48 bits per heavy atom. The molecule has 1 aliphatic heterocycles. The summed E-state index contributed by atoms with van der Waals surface area (Å²) in [5, 5.41) is 7.53. The topological polar surface area (TPSA) is 49.3 Å². The van der Waals surface area contributed by atoms with E-state index in [4.69, 9.17) is 0 Å². The molecule has 2 amide bonds. The van der Waals surface area contributed by atoms with E-state index in [0.29, 0.717) is 0 Å². The molecule has 0 bridgehead atoms. The number of hydrogen-bond donors (Lipinski definition) is 2. The Kier molecular flexibility index (Phi) is 6.49. The summed E-state index contributed by atoms with van der Waals surface area (Å²) in [6.07, 6.45) is 6.07. The van der Waals surface area contributed by atoms with Gasteiger partial charge >= 0.3 is 6.03 Å². The van der Waals surface area contributed by atoms with Crippen molar-refractivity contribution in [3.8, 4) is 5.00 Å². The summed E-state index contributed by atoms with van der Waals surface area (Å²) in [4.78, 5) is 16.9. The van der Waals surface area contributed by atoms with Gasteiger partial charge in [-0.25, -0.2) is 4.79 Å². The minimum Gasteiger partial charge on any atom is -0.331 e. The van der Waals surface area contributed by atoms with Crippen LogP contribution < -0.4 is 10.6 Å². The van der Waals surface area contributed by atoms with Crippen molar-refractivity contribution in [2.24, 2.45) is 0 Å². The number of hydrogen-bond acceptors (Lipinski definition) is 3. The third-order valence-electron chi connectivity index (χ3n) is 5.98. The highest BCUT2D eigenvalue weighted by Crippen LogP contribution is 2.40. The van der Waals surface area contributed by atoms with Gasteiger partial charge in [0.15, 0.2) is 0 Å². The van der Waals surface area contributed by atoms with Crippen molar-refractivity contribution in [2.45, 2.75) is 53.1 Å². The van der Waals surface area contributed by atoms with Crippen LogP contribution in [0.1, 0.15) is 53.4 Å². The molecule has 0 spiro atoms. The van der Waals surface area contributed by atoms with Crippen LogP contribution >= 0.6 is 11.3 Å². The maximum absolute atomic E-state index is 12.9. The van der Waals surface area contributed by atoms with Crippen molar-refractivity contribution < 1.29 is 4.79 Å². The van der Waals surface area contributed by atoms with Crippen LogP contribution in [0.3, 0.4) is 0 Å². The van der Waals surface area contributed by atoms with E-state index in [2.05, 4.69) is 64.5 Å². The minimum atomic E-state index is -0.152. The van der Waals surface area contributed by atoms with Gasteiger partial charge in [-0.2, -0.15) is 0 Å². The lowest BCUT2D eigenvalue weighted by Crippen LogP contribution is -2.34. The Morgan fingerprint density at radius 1 is 1.13 bits per heavy atom. The molecule has 31 heavy (non-hydrogen) atoms. The fraction of sp³-hybridized carbons (Fsp3) is 0.400. The summed E-state index contributed by atoms with van der Waals surface area (Å²) in [5.74, 6) is 0. The number of urea groups is 1. The van der Waals surface area contributed by atoms with Crippen molar-refractivity contribution >= 4 is 23.1 Å². The Labute approximate surface area is 189 Å². The van der Waals surface area contributed by atoms with Crippen LogP contribution in [0.2, 0.25) is 0 Å². The third kappa shape index (κ3) is 4.70. The standard InChI is InChI=1S/C25H32N4OS/c1-5-21(27-25(30)26-19-14-17(3)13-18(4)15-19)23-20-9-12-28(6-2)16-22(20)31-24(23)29-10-7-8-11-29/h7-8,10-11,13-15,21H,5-6,9,12,16H2,1-4H3,(H2,26,27,30)/t21-/m1/s1. The molecule has 1 atom stereocenters. The van der Waals surface area contributed by atoms with Gasteiger partial charge in [0.2, 0.25) is 0 Å². The van der Waals surface area contributed by atoms with Crippen LogP contribution in [0.5, 0.6) is 0 Å². The molecule has 4 rings (SSSR count). The number of amides is 2. The van der Waals surface area contributed by atoms with Gasteiger partial charge in [0.25, 0.3) is 0 Å². The molecule has 0 unspecified atom stereocenters. The monoisotopic (exact) mass is 436 g/mol. The number of benzene rings is 1. The second-order valence-corrected chi connectivity index (χ2v) is 9.45.